The standard InChI is InChI=1S/C5H4Cl2O3/c6-4(7)1-3(8)2-5(9)10/h1H,2H2,(H,9,10). The lowest BCUT2D eigenvalue weighted by molar-refractivity contribution is -0.139. The molecule has 0 unspecified atom stereocenters. The number of carboxylic acid groups (broad SMARTS) is 1. The minimum atomic E-state index is -1.20. The molecule has 0 spiro atoms. The molecule has 1 N–H and O–H groups in total. The van der Waals surface area contributed by atoms with Crippen molar-refractivity contribution in [2.45, 2.75) is 6.42 Å². The van der Waals surface area contributed by atoms with E-state index in [9.17, 15) is 9.59 Å². The van der Waals surface area contributed by atoms with Crippen LogP contribution in [0.25, 0.3) is 0 Å². The number of allylic oxidation sites excluding steroid dienone is 1. The molecule has 0 saturated carbocycles. The number of hydrogen-bond acceptors (Lipinski definition) is 2. The van der Waals surface area contributed by atoms with E-state index in [0.717, 1.165) is 6.08 Å². The summed E-state index contributed by atoms with van der Waals surface area (Å²) in [6.45, 7) is 0. The highest BCUT2D eigenvalue weighted by Gasteiger charge is 2.04. The van der Waals surface area contributed by atoms with Crippen LogP contribution in [0, 0.1) is 0 Å². The van der Waals surface area contributed by atoms with Gasteiger partial charge in [0.15, 0.2) is 5.78 Å². The van der Waals surface area contributed by atoms with Crippen molar-refractivity contribution >= 4 is 35.0 Å². The van der Waals surface area contributed by atoms with Gasteiger partial charge < -0.3 is 5.11 Å². The van der Waals surface area contributed by atoms with Gasteiger partial charge in [-0.05, 0) is 0 Å². The van der Waals surface area contributed by atoms with E-state index in [1.807, 2.05) is 0 Å². The van der Waals surface area contributed by atoms with Gasteiger partial charge in [0.1, 0.15) is 10.9 Å². The van der Waals surface area contributed by atoms with Crippen molar-refractivity contribution in [2.75, 3.05) is 0 Å². The molecule has 0 bridgehead atoms. The summed E-state index contributed by atoms with van der Waals surface area (Å²) in [7, 11) is 0. The number of carbonyl (C=O) groups excluding carboxylic acids is 1. The zero-order valence-corrected chi connectivity index (χ0v) is 6.32. The van der Waals surface area contributed by atoms with E-state index in [-0.39, 0.29) is 4.49 Å². The molecule has 0 atom stereocenters. The zero-order chi connectivity index (χ0) is 8.15. The van der Waals surface area contributed by atoms with Crippen molar-refractivity contribution < 1.29 is 14.7 Å². The summed E-state index contributed by atoms with van der Waals surface area (Å²) in [5, 5.41) is 8.06. The van der Waals surface area contributed by atoms with Gasteiger partial charge in [0.25, 0.3) is 0 Å². The van der Waals surface area contributed by atoms with E-state index in [4.69, 9.17) is 28.3 Å². The van der Waals surface area contributed by atoms with Crippen LogP contribution in [0.1, 0.15) is 6.42 Å². The Morgan fingerprint density at radius 1 is 1.40 bits per heavy atom. The lowest BCUT2D eigenvalue weighted by Crippen LogP contribution is -2.03. The van der Waals surface area contributed by atoms with Crippen LogP contribution in [0.2, 0.25) is 0 Å². The van der Waals surface area contributed by atoms with Crippen molar-refractivity contribution in [3.8, 4) is 0 Å². The Morgan fingerprint density at radius 3 is 2.20 bits per heavy atom. The van der Waals surface area contributed by atoms with Crippen LogP contribution >= 0.6 is 23.2 Å². The van der Waals surface area contributed by atoms with Gasteiger partial charge in [0.2, 0.25) is 0 Å². The maximum Gasteiger partial charge on any atom is 0.311 e. The third-order valence-electron chi connectivity index (χ3n) is 0.596. The topological polar surface area (TPSA) is 54.4 Å². The van der Waals surface area contributed by atoms with Crippen molar-refractivity contribution in [1.82, 2.24) is 0 Å². The molecule has 0 aromatic rings. The van der Waals surface area contributed by atoms with E-state index in [2.05, 4.69) is 0 Å². The highest BCUT2D eigenvalue weighted by Crippen LogP contribution is 2.06. The van der Waals surface area contributed by atoms with Crippen LogP contribution in [0.4, 0.5) is 0 Å². The van der Waals surface area contributed by atoms with Gasteiger partial charge in [-0.25, -0.2) is 0 Å². The summed E-state index contributed by atoms with van der Waals surface area (Å²) in [6, 6.07) is 0. The monoisotopic (exact) mass is 182 g/mol. The number of carboxylic acids is 1. The fraction of sp³-hybridized carbons (Fsp3) is 0.200. The highest BCUT2D eigenvalue weighted by molar-refractivity contribution is 6.56. The maximum atomic E-state index is 10.4. The lowest BCUT2D eigenvalue weighted by atomic mass is 10.3. The second-order valence-electron chi connectivity index (χ2n) is 1.47. The van der Waals surface area contributed by atoms with Gasteiger partial charge >= 0.3 is 5.97 Å². The van der Waals surface area contributed by atoms with Gasteiger partial charge in [-0.2, -0.15) is 0 Å². The quantitative estimate of drug-likeness (QED) is 0.530. The Hall–Kier alpha value is -0.540. The number of hydrogen-bond donors (Lipinski definition) is 1. The van der Waals surface area contributed by atoms with E-state index < -0.39 is 18.2 Å². The van der Waals surface area contributed by atoms with Crippen molar-refractivity contribution in [1.29, 1.82) is 0 Å². The molecule has 0 rings (SSSR count). The first-order valence-electron chi connectivity index (χ1n) is 2.29. The van der Waals surface area contributed by atoms with Crippen LogP contribution < -0.4 is 0 Å². The average Bonchev–Trinajstić information content (AvgIpc) is 1.58. The fourth-order valence-electron chi connectivity index (χ4n) is 0.322. The molecule has 0 amide bonds. The fourth-order valence-corrected chi connectivity index (χ4v) is 0.565. The molecule has 56 valence electrons. The van der Waals surface area contributed by atoms with E-state index >= 15 is 0 Å². The predicted molar refractivity (Wildman–Crippen MR) is 37.0 cm³/mol. The Balaban J connectivity index is 3.88. The molecule has 5 heteroatoms. The molecule has 0 saturated heterocycles. The van der Waals surface area contributed by atoms with Crippen LogP contribution in [-0.2, 0) is 9.59 Å². The summed E-state index contributed by atoms with van der Waals surface area (Å²) in [6.07, 6.45) is 0.278. The van der Waals surface area contributed by atoms with Crippen LogP contribution in [0.3, 0.4) is 0 Å². The molecule has 0 aliphatic heterocycles. The van der Waals surface area contributed by atoms with E-state index in [0.29, 0.717) is 0 Å². The second kappa shape index (κ2) is 4.30. The van der Waals surface area contributed by atoms with Crippen LogP contribution in [-0.4, -0.2) is 16.9 Å². The summed E-state index contributed by atoms with van der Waals surface area (Å²) in [5.41, 5.74) is 0. The SMILES string of the molecule is O=C(O)CC(=O)C=C(Cl)Cl. The van der Waals surface area contributed by atoms with Crippen molar-refractivity contribution in [3.05, 3.63) is 10.6 Å². The molecule has 0 radical (unpaired) electrons. The molecule has 0 aromatic carbocycles. The third kappa shape index (κ3) is 5.59. The number of carbonyl (C=O) groups is 2. The Labute approximate surface area is 67.2 Å². The van der Waals surface area contributed by atoms with Gasteiger partial charge in [0, 0.05) is 6.08 Å². The zero-order valence-electron chi connectivity index (χ0n) is 4.80. The number of halogens is 2. The van der Waals surface area contributed by atoms with Crippen LogP contribution in [0.5, 0.6) is 0 Å². The van der Waals surface area contributed by atoms with E-state index in [1.54, 1.807) is 0 Å². The second-order valence-corrected chi connectivity index (χ2v) is 2.48. The smallest absolute Gasteiger partial charge is 0.311 e. The highest BCUT2D eigenvalue weighted by atomic mass is 35.5. The molecule has 3 nitrogen and oxygen atoms in total. The van der Waals surface area contributed by atoms with Gasteiger partial charge in [-0.15, -0.1) is 0 Å². The Kier molecular flexibility index (Phi) is 4.07. The van der Waals surface area contributed by atoms with E-state index in [1.165, 1.54) is 0 Å². The number of aliphatic carboxylic acids is 1. The van der Waals surface area contributed by atoms with Crippen molar-refractivity contribution in [3.63, 3.8) is 0 Å². The molecule has 0 heterocycles. The first kappa shape index (κ1) is 9.46. The number of ketones is 1. The van der Waals surface area contributed by atoms with Gasteiger partial charge in [-0.3, -0.25) is 9.59 Å². The maximum absolute atomic E-state index is 10.4. The first-order chi connectivity index (χ1) is 4.52. The minimum Gasteiger partial charge on any atom is -0.481 e. The molecule has 0 aliphatic carbocycles. The molecule has 0 aromatic heterocycles. The first-order valence-corrected chi connectivity index (χ1v) is 3.05. The molecule has 0 aliphatic rings. The minimum absolute atomic E-state index is 0.230. The summed E-state index contributed by atoms with van der Waals surface area (Å²) in [5.74, 6) is -1.82. The van der Waals surface area contributed by atoms with Crippen LogP contribution in [0.15, 0.2) is 10.6 Å². The largest absolute Gasteiger partial charge is 0.481 e. The summed E-state index contributed by atoms with van der Waals surface area (Å²) >= 11 is 10.1. The Morgan fingerprint density at radius 2 is 1.90 bits per heavy atom. The molecular formula is C5H4Cl2O3. The lowest BCUT2D eigenvalue weighted by Gasteiger charge is -1.86. The normalized spacial score (nSPS) is 8.60. The van der Waals surface area contributed by atoms with Crippen molar-refractivity contribution in [2.24, 2.45) is 0 Å². The average molecular weight is 183 g/mol. The third-order valence-corrected chi connectivity index (χ3v) is 0.814. The predicted octanol–water partition coefficient (Wildman–Crippen LogP) is 1.35. The summed E-state index contributed by atoms with van der Waals surface area (Å²) in [4.78, 5) is 20.3. The summed E-state index contributed by atoms with van der Waals surface area (Å²) < 4.78 is -0.230. The van der Waals surface area contributed by atoms with Gasteiger partial charge in [-0.1, -0.05) is 23.2 Å². The molecular weight excluding hydrogens is 179 g/mol. The Bertz CT molecular complexity index is 181. The molecule has 10 heavy (non-hydrogen) atoms. The number of rotatable bonds is 3. The molecule has 0 fully saturated rings. The van der Waals surface area contributed by atoms with Gasteiger partial charge in [0.05, 0.1) is 0 Å².